The summed E-state index contributed by atoms with van der Waals surface area (Å²) in [6.45, 7) is 4.02. The SMILES string of the molecule is COc1cc2c(c(OC)c1OC)-c1c(cc(OC)c(OC)c1OC)C(=O)[C@H](C)[C@H](C)C2. The average molecular weight is 430 g/mol. The second-order valence-corrected chi connectivity index (χ2v) is 7.58. The van der Waals surface area contributed by atoms with Crippen molar-refractivity contribution in [1.82, 2.24) is 0 Å². The minimum Gasteiger partial charge on any atom is -0.493 e. The summed E-state index contributed by atoms with van der Waals surface area (Å²) < 4.78 is 33.9. The van der Waals surface area contributed by atoms with Crippen LogP contribution >= 0.6 is 0 Å². The summed E-state index contributed by atoms with van der Waals surface area (Å²) >= 11 is 0. The van der Waals surface area contributed by atoms with Gasteiger partial charge in [-0.2, -0.15) is 0 Å². The molecule has 0 saturated heterocycles. The molecule has 0 saturated carbocycles. The highest BCUT2D eigenvalue weighted by Crippen LogP contribution is 2.55. The Morgan fingerprint density at radius 2 is 1.16 bits per heavy atom. The molecule has 1 aliphatic carbocycles. The van der Waals surface area contributed by atoms with Gasteiger partial charge in [0.05, 0.1) is 42.7 Å². The third-order valence-electron chi connectivity index (χ3n) is 6.07. The van der Waals surface area contributed by atoms with Gasteiger partial charge in [0.2, 0.25) is 11.5 Å². The molecule has 0 unspecified atom stereocenters. The summed E-state index contributed by atoms with van der Waals surface area (Å²) in [4.78, 5) is 13.6. The molecule has 31 heavy (non-hydrogen) atoms. The predicted octanol–water partition coefficient (Wildman–Crippen LogP) is 4.42. The van der Waals surface area contributed by atoms with Crippen LogP contribution < -0.4 is 28.4 Å². The standard InChI is InChI=1S/C24H30O7/c1-12-9-14-10-16(26-3)21(28-5)23(30-7)18(14)19-15(20(25)13(12)2)11-17(27-4)22(29-6)24(19)31-8/h10-13H,9H2,1-8H3/t12-,13-/m1/s1. The third-order valence-corrected chi connectivity index (χ3v) is 6.07. The van der Waals surface area contributed by atoms with Gasteiger partial charge in [-0.3, -0.25) is 4.79 Å². The number of hydrogen-bond donors (Lipinski definition) is 0. The molecule has 2 aromatic rings. The molecule has 2 atom stereocenters. The van der Waals surface area contributed by atoms with Crippen molar-refractivity contribution >= 4 is 5.78 Å². The van der Waals surface area contributed by atoms with Gasteiger partial charge in [-0.25, -0.2) is 0 Å². The van der Waals surface area contributed by atoms with Crippen LogP contribution in [0.3, 0.4) is 0 Å². The van der Waals surface area contributed by atoms with Gasteiger partial charge in [-0.05, 0) is 30.0 Å². The van der Waals surface area contributed by atoms with E-state index in [1.54, 1.807) is 34.5 Å². The van der Waals surface area contributed by atoms with E-state index in [2.05, 4.69) is 6.92 Å². The first-order valence-corrected chi connectivity index (χ1v) is 10.1. The molecule has 0 amide bonds. The summed E-state index contributed by atoms with van der Waals surface area (Å²) in [5, 5.41) is 0. The molecule has 7 heteroatoms. The number of methoxy groups -OCH3 is 6. The molecule has 7 nitrogen and oxygen atoms in total. The van der Waals surface area contributed by atoms with Gasteiger partial charge in [-0.15, -0.1) is 0 Å². The Hall–Kier alpha value is -3.09. The highest BCUT2D eigenvalue weighted by molar-refractivity contribution is 6.08. The van der Waals surface area contributed by atoms with Crippen LogP contribution in [0.25, 0.3) is 11.1 Å². The lowest BCUT2D eigenvalue weighted by molar-refractivity contribution is 0.0892. The summed E-state index contributed by atoms with van der Waals surface area (Å²) in [5.41, 5.74) is 2.77. The first kappa shape index (κ1) is 22.6. The van der Waals surface area contributed by atoms with E-state index in [9.17, 15) is 4.79 Å². The molecule has 3 rings (SSSR count). The molecule has 0 N–H and O–H groups in total. The topological polar surface area (TPSA) is 72.5 Å². The minimum atomic E-state index is -0.214. The van der Waals surface area contributed by atoms with E-state index in [0.29, 0.717) is 52.0 Å². The van der Waals surface area contributed by atoms with E-state index < -0.39 is 0 Å². The quantitative estimate of drug-likeness (QED) is 0.672. The Morgan fingerprint density at radius 3 is 1.65 bits per heavy atom. The Bertz CT molecular complexity index is 996. The zero-order valence-electron chi connectivity index (χ0n) is 19.4. The number of benzene rings is 2. The van der Waals surface area contributed by atoms with Crippen LogP contribution in [0.4, 0.5) is 0 Å². The number of ketones is 1. The lowest BCUT2D eigenvalue weighted by Crippen LogP contribution is -2.24. The van der Waals surface area contributed by atoms with Crippen molar-refractivity contribution in [1.29, 1.82) is 0 Å². The third kappa shape index (κ3) is 3.52. The maximum Gasteiger partial charge on any atom is 0.203 e. The van der Waals surface area contributed by atoms with Crippen molar-refractivity contribution in [2.24, 2.45) is 11.8 Å². The molecular weight excluding hydrogens is 400 g/mol. The number of Topliss-reactive ketones (excluding diaryl/α,β-unsaturated/α-hetero) is 1. The highest BCUT2D eigenvalue weighted by Gasteiger charge is 2.36. The molecule has 2 aromatic carbocycles. The predicted molar refractivity (Wildman–Crippen MR) is 118 cm³/mol. The van der Waals surface area contributed by atoms with Gasteiger partial charge in [-0.1, -0.05) is 13.8 Å². The normalized spacial score (nSPS) is 17.6. The van der Waals surface area contributed by atoms with Crippen molar-refractivity contribution in [2.45, 2.75) is 20.3 Å². The van der Waals surface area contributed by atoms with Gasteiger partial charge >= 0.3 is 0 Å². The Labute approximate surface area is 183 Å². The smallest absolute Gasteiger partial charge is 0.203 e. The van der Waals surface area contributed by atoms with Crippen LogP contribution in [-0.4, -0.2) is 48.4 Å². The maximum atomic E-state index is 13.6. The lowest BCUT2D eigenvalue weighted by Gasteiger charge is -2.30. The molecule has 1 aliphatic rings. The number of ether oxygens (including phenoxy) is 6. The van der Waals surface area contributed by atoms with E-state index in [-0.39, 0.29) is 17.6 Å². The monoisotopic (exact) mass is 430 g/mol. The molecule has 0 aromatic heterocycles. The van der Waals surface area contributed by atoms with E-state index in [4.69, 9.17) is 28.4 Å². The summed E-state index contributed by atoms with van der Waals surface area (Å²) in [5.74, 6) is 2.58. The molecule has 0 fully saturated rings. The molecule has 0 radical (unpaired) electrons. The Balaban J connectivity index is 2.58. The number of rotatable bonds is 6. The first-order chi connectivity index (χ1) is 14.9. The van der Waals surface area contributed by atoms with Crippen molar-refractivity contribution in [3.8, 4) is 45.6 Å². The average Bonchev–Trinajstić information content (AvgIpc) is 2.79. The second kappa shape index (κ2) is 8.96. The van der Waals surface area contributed by atoms with E-state index in [0.717, 1.165) is 11.1 Å². The molecule has 0 bridgehead atoms. The van der Waals surface area contributed by atoms with Crippen molar-refractivity contribution in [2.75, 3.05) is 42.7 Å². The zero-order valence-corrected chi connectivity index (χ0v) is 19.4. The van der Waals surface area contributed by atoms with Crippen molar-refractivity contribution < 1.29 is 33.2 Å². The second-order valence-electron chi connectivity index (χ2n) is 7.58. The fourth-order valence-electron chi connectivity index (χ4n) is 4.27. The number of fused-ring (bicyclic) bond motifs is 3. The van der Waals surface area contributed by atoms with Crippen LogP contribution in [-0.2, 0) is 6.42 Å². The van der Waals surface area contributed by atoms with Crippen molar-refractivity contribution in [3.63, 3.8) is 0 Å². The van der Waals surface area contributed by atoms with Gasteiger partial charge < -0.3 is 28.4 Å². The fraction of sp³-hybridized carbons (Fsp3) is 0.458. The number of carbonyl (C=O) groups excluding carboxylic acids is 1. The number of hydrogen-bond acceptors (Lipinski definition) is 7. The minimum absolute atomic E-state index is 0.00393. The van der Waals surface area contributed by atoms with Gasteiger partial charge in [0.1, 0.15) is 0 Å². The number of carbonyl (C=O) groups is 1. The Kier molecular flexibility index (Phi) is 6.53. The van der Waals surface area contributed by atoms with E-state index in [1.807, 2.05) is 13.0 Å². The van der Waals surface area contributed by atoms with Crippen molar-refractivity contribution in [3.05, 3.63) is 23.3 Å². The summed E-state index contributed by atoms with van der Waals surface area (Å²) in [7, 11) is 9.32. The molecule has 168 valence electrons. The van der Waals surface area contributed by atoms with Gasteiger partial charge in [0, 0.05) is 22.6 Å². The maximum absolute atomic E-state index is 13.6. The van der Waals surface area contributed by atoms with Gasteiger partial charge in [0.25, 0.3) is 0 Å². The molecule has 0 aliphatic heterocycles. The van der Waals surface area contributed by atoms with Crippen LogP contribution in [0.1, 0.15) is 29.8 Å². The largest absolute Gasteiger partial charge is 0.493 e. The lowest BCUT2D eigenvalue weighted by atomic mass is 9.77. The van der Waals surface area contributed by atoms with Crippen LogP contribution in [0.2, 0.25) is 0 Å². The zero-order chi connectivity index (χ0) is 22.9. The first-order valence-electron chi connectivity index (χ1n) is 10.1. The van der Waals surface area contributed by atoms with Crippen LogP contribution in [0.5, 0.6) is 34.5 Å². The Morgan fingerprint density at radius 1 is 0.677 bits per heavy atom. The summed E-state index contributed by atoms with van der Waals surface area (Å²) in [6, 6.07) is 3.66. The fourth-order valence-corrected chi connectivity index (χ4v) is 4.27. The van der Waals surface area contributed by atoms with Crippen LogP contribution in [0.15, 0.2) is 12.1 Å². The van der Waals surface area contributed by atoms with Crippen LogP contribution in [0, 0.1) is 11.8 Å². The van der Waals surface area contributed by atoms with Gasteiger partial charge in [0.15, 0.2) is 28.8 Å². The summed E-state index contributed by atoms with van der Waals surface area (Å²) in [6.07, 6.45) is 0.649. The molecular formula is C24H30O7. The molecule has 0 heterocycles. The highest BCUT2D eigenvalue weighted by atomic mass is 16.5. The molecule has 0 spiro atoms. The van der Waals surface area contributed by atoms with E-state index >= 15 is 0 Å². The van der Waals surface area contributed by atoms with E-state index in [1.165, 1.54) is 14.2 Å².